The first-order valence-electron chi connectivity index (χ1n) is 3.55. The molecule has 0 aliphatic heterocycles. The van der Waals surface area contributed by atoms with Crippen LogP contribution < -0.4 is 0 Å². The molecule has 0 atom stereocenters. The Balaban J connectivity index is 0.00000256. The van der Waals surface area contributed by atoms with Crippen LogP contribution in [-0.4, -0.2) is 65.7 Å². The molecule has 0 spiro atoms. The van der Waals surface area contributed by atoms with Crippen LogP contribution in [0.5, 0.6) is 11.5 Å². The van der Waals surface area contributed by atoms with Gasteiger partial charge in [-0.15, -0.1) is 0 Å². The number of hydrogen-bond acceptors (Lipinski definition) is 6. The Kier molecular flexibility index (Phi) is 4.99. The first kappa shape index (κ1) is 16.6. The monoisotopic (exact) mass is 293 g/mol. The van der Waals surface area contributed by atoms with E-state index in [1.54, 1.807) is 0 Å². The quantitative estimate of drug-likeness (QED) is 0.315. The van der Waals surface area contributed by atoms with E-state index in [-0.39, 0.29) is 29.6 Å². The Morgan fingerprint density at radius 2 is 1.35 bits per heavy atom. The normalized spacial score (nSPS) is 11.9. The van der Waals surface area contributed by atoms with Crippen molar-refractivity contribution in [2.75, 3.05) is 0 Å². The van der Waals surface area contributed by atoms with Crippen LogP contribution in [0.4, 0.5) is 0 Å². The van der Waals surface area contributed by atoms with E-state index in [0.29, 0.717) is 12.1 Å². The second kappa shape index (κ2) is 5.10. The van der Waals surface area contributed by atoms with Crippen molar-refractivity contribution < 1.29 is 36.2 Å². The predicted molar refractivity (Wildman–Crippen MR) is 55.2 cm³/mol. The summed E-state index contributed by atoms with van der Waals surface area (Å²) < 4.78 is 60.4. The van der Waals surface area contributed by atoms with Gasteiger partial charge in [0.25, 0.3) is 20.2 Å². The van der Waals surface area contributed by atoms with Gasteiger partial charge in [-0.1, -0.05) is 0 Å². The third-order valence-electron chi connectivity index (χ3n) is 1.61. The molecule has 11 heteroatoms. The smallest absolute Gasteiger partial charge is 0.299 e. The fourth-order valence-electron chi connectivity index (χ4n) is 0.995. The molecule has 0 saturated heterocycles. The summed E-state index contributed by atoms with van der Waals surface area (Å²) in [5.41, 5.74) is 0. The van der Waals surface area contributed by atoms with Gasteiger partial charge in [0.15, 0.2) is 16.4 Å². The SMILES string of the molecule is O=S(=O)(O)c1ccc(O)c(O)c1S(=O)(=O)O.[Na]. The fraction of sp³-hybridized carbons (Fsp3) is 0. The van der Waals surface area contributed by atoms with Gasteiger partial charge in [-0.2, -0.15) is 16.8 Å². The number of phenolic OH excluding ortho intramolecular Hbond substituents is 2. The molecular weight excluding hydrogens is 287 g/mol. The Labute approximate surface area is 119 Å². The van der Waals surface area contributed by atoms with Crippen LogP contribution in [0, 0.1) is 0 Å². The van der Waals surface area contributed by atoms with Crippen LogP contribution in [0.25, 0.3) is 0 Å². The summed E-state index contributed by atoms with van der Waals surface area (Å²) in [4.78, 5) is -2.71. The molecule has 8 nitrogen and oxygen atoms in total. The topological polar surface area (TPSA) is 149 Å². The van der Waals surface area contributed by atoms with Crippen LogP contribution in [0.15, 0.2) is 21.9 Å². The van der Waals surface area contributed by atoms with Crippen molar-refractivity contribution in [3.8, 4) is 11.5 Å². The van der Waals surface area contributed by atoms with Gasteiger partial charge in [-0.3, -0.25) is 9.11 Å². The van der Waals surface area contributed by atoms with Gasteiger partial charge in [-0.25, -0.2) is 0 Å². The molecule has 1 radical (unpaired) electrons. The summed E-state index contributed by atoms with van der Waals surface area (Å²) in [6.07, 6.45) is 0. The van der Waals surface area contributed by atoms with Crippen molar-refractivity contribution in [2.24, 2.45) is 0 Å². The number of rotatable bonds is 2. The van der Waals surface area contributed by atoms with Crippen LogP contribution in [-0.2, 0) is 20.2 Å². The number of hydrogen-bond donors (Lipinski definition) is 4. The van der Waals surface area contributed by atoms with Gasteiger partial charge in [0.1, 0.15) is 4.90 Å². The van der Waals surface area contributed by atoms with Crippen LogP contribution in [0.2, 0.25) is 0 Å². The maximum atomic E-state index is 10.8. The van der Waals surface area contributed by atoms with Gasteiger partial charge < -0.3 is 10.2 Å². The molecule has 4 N–H and O–H groups in total. The van der Waals surface area contributed by atoms with Crippen molar-refractivity contribution in [1.82, 2.24) is 0 Å². The summed E-state index contributed by atoms with van der Waals surface area (Å²) in [6, 6.07) is 1.17. The molecule has 0 amide bonds. The molecule has 0 aliphatic carbocycles. The van der Waals surface area contributed by atoms with Gasteiger partial charge in [0, 0.05) is 29.6 Å². The molecule has 0 fully saturated rings. The molecule has 1 aromatic carbocycles. The number of benzene rings is 1. The molecule has 1 rings (SSSR count). The Bertz CT molecular complexity index is 632. The molecule has 91 valence electrons. The maximum Gasteiger partial charge on any atom is 0.299 e. The minimum Gasteiger partial charge on any atom is -0.504 e. The second-order valence-electron chi connectivity index (χ2n) is 2.71. The van der Waals surface area contributed by atoms with E-state index in [0.717, 1.165) is 0 Å². The first-order valence-corrected chi connectivity index (χ1v) is 6.43. The molecule has 0 heterocycles. The van der Waals surface area contributed by atoms with E-state index < -0.39 is 41.5 Å². The molecule has 0 aromatic heterocycles. The van der Waals surface area contributed by atoms with Crippen molar-refractivity contribution in [3.63, 3.8) is 0 Å². The van der Waals surface area contributed by atoms with Gasteiger partial charge >= 0.3 is 0 Å². The average molecular weight is 293 g/mol. The molecule has 0 unspecified atom stereocenters. The van der Waals surface area contributed by atoms with Gasteiger partial charge in [0.2, 0.25) is 0 Å². The van der Waals surface area contributed by atoms with Crippen molar-refractivity contribution in [3.05, 3.63) is 12.1 Å². The largest absolute Gasteiger partial charge is 0.504 e. The Hall–Kier alpha value is -0.360. The molecule has 0 aliphatic rings. The number of aromatic hydroxyl groups is 2. The third kappa shape index (κ3) is 3.55. The van der Waals surface area contributed by atoms with E-state index in [2.05, 4.69) is 0 Å². The van der Waals surface area contributed by atoms with E-state index in [1.165, 1.54) is 0 Å². The second-order valence-corrected chi connectivity index (χ2v) is 5.46. The number of phenols is 2. The summed E-state index contributed by atoms with van der Waals surface area (Å²) in [5.74, 6) is -2.32. The van der Waals surface area contributed by atoms with Crippen molar-refractivity contribution in [1.29, 1.82) is 0 Å². The molecule has 0 bridgehead atoms. The minimum absolute atomic E-state index is 0. The van der Waals surface area contributed by atoms with Crippen LogP contribution in [0.1, 0.15) is 0 Å². The van der Waals surface area contributed by atoms with Crippen molar-refractivity contribution in [2.45, 2.75) is 9.79 Å². The summed E-state index contributed by atoms with van der Waals surface area (Å²) in [6.45, 7) is 0. The Morgan fingerprint density at radius 3 is 1.71 bits per heavy atom. The molecular formula is C6H6NaO8S2. The van der Waals surface area contributed by atoms with E-state index in [9.17, 15) is 16.8 Å². The standard InChI is InChI=1S/C6H6O8S2.Na/c7-3-1-2-4(15(9,10)11)6(5(3)8)16(12,13)14;/h1-2,7-8H,(H,9,10,11)(H,12,13,14);. The third-order valence-corrected chi connectivity index (χ3v) is 3.56. The van der Waals surface area contributed by atoms with Gasteiger partial charge in [0.05, 0.1) is 0 Å². The molecule has 17 heavy (non-hydrogen) atoms. The zero-order chi connectivity index (χ0) is 12.7. The molecule has 0 saturated carbocycles. The van der Waals surface area contributed by atoms with Crippen molar-refractivity contribution >= 4 is 49.8 Å². The van der Waals surface area contributed by atoms with Crippen LogP contribution in [0.3, 0.4) is 0 Å². The van der Waals surface area contributed by atoms with E-state index >= 15 is 0 Å². The average Bonchev–Trinajstić information content (AvgIpc) is 2.05. The zero-order valence-electron chi connectivity index (χ0n) is 8.39. The first-order chi connectivity index (χ1) is 7.05. The van der Waals surface area contributed by atoms with E-state index in [4.69, 9.17) is 19.3 Å². The minimum atomic E-state index is -5.12. The summed E-state index contributed by atoms with van der Waals surface area (Å²) in [5, 5.41) is 18.1. The van der Waals surface area contributed by atoms with E-state index in [1.807, 2.05) is 0 Å². The summed E-state index contributed by atoms with van der Waals surface area (Å²) >= 11 is 0. The Morgan fingerprint density at radius 1 is 0.882 bits per heavy atom. The summed E-state index contributed by atoms with van der Waals surface area (Å²) in [7, 11) is -10.1. The fourth-order valence-corrected chi connectivity index (χ4v) is 2.87. The van der Waals surface area contributed by atoms with Gasteiger partial charge in [-0.05, 0) is 12.1 Å². The molecule has 1 aromatic rings. The predicted octanol–water partition coefficient (Wildman–Crippen LogP) is -0.790. The van der Waals surface area contributed by atoms with Crippen LogP contribution >= 0.6 is 0 Å². The maximum absolute atomic E-state index is 10.8. The zero-order valence-corrected chi connectivity index (χ0v) is 12.0.